The molecule has 6 heteroatoms. The Labute approximate surface area is 85.9 Å². The van der Waals surface area contributed by atoms with Crippen LogP contribution in [0.1, 0.15) is 5.56 Å². The van der Waals surface area contributed by atoms with Crippen LogP contribution in [-0.4, -0.2) is 24.9 Å². The van der Waals surface area contributed by atoms with Gasteiger partial charge < -0.3 is 20.4 Å². The third-order valence-electron chi connectivity index (χ3n) is 1.67. The van der Waals surface area contributed by atoms with Gasteiger partial charge in [0.1, 0.15) is 0 Å². The molecule has 3 N–H and O–H groups in total. The van der Waals surface area contributed by atoms with Crippen LogP contribution in [0, 0.1) is 5.82 Å². The van der Waals surface area contributed by atoms with E-state index in [0.29, 0.717) is 0 Å². The van der Waals surface area contributed by atoms with Crippen molar-refractivity contribution in [3.05, 3.63) is 29.6 Å². The minimum atomic E-state index is -0.601. The SMILES string of the molecule is COCOc1ccc(/C(N)=N/O)cc1F. The molecule has 1 aromatic carbocycles. The van der Waals surface area contributed by atoms with Crippen molar-refractivity contribution in [3.63, 3.8) is 0 Å². The first kappa shape index (κ1) is 11.3. The molecule has 0 fully saturated rings. The van der Waals surface area contributed by atoms with E-state index in [0.717, 1.165) is 6.07 Å². The number of rotatable bonds is 4. The van der Waals surface area contributed by atoms with Crippen molar-refractivity contribution < 1.29 is 19.1 Å². The third-order valence-corrected chi connectivity index (χ3v) is 1.67. The number of nitrogens with zero attached hydrogens (tertiary/aromatic N) is 1. The highest BCUT2D eigenvalue weighted by molar-refractivity contribution is 5.97. The Morgan fingerprint density at radius 2 is 2.33 bits per heavy atom. The lowest BCUT2D eigenvalue weighted by Gasteiger charge is -2.06. The van der Waals surface area contributed by atoms with E-state index >= 15 is 0 Å². The largest absolute Gasteiger partial charge is 0.464 e. The maximum Gasteiger partial charge on any atom is 0.188 e. The second kappa shape index (κ2) is 5.16. The lowest BCUT2D eigenvalue weighted by atomic mass is 10.2. The fourth-order valence-corrected chi connectivity index (χ4v) is 0.957. The van der Waals surface area contributed by atoms with Crippen LogP contribution in [0.15, 0.2) is 23.4 Å². The van der Waals surface area contributed by atoms with E-state index in [9.17, 15) is 4.39 Å². The number of oxime groups is 1. The van der Waals surface area contributed by atoms with Crippen molar-refractivity contribution >= 4 is 5.84 Å². The first-order valence-electron chi connectivity index (χ1n) is 4.08. The van der Waals surface area contributed by atoms with Gasteiger partial charge in [0.15, 0.2) is 24.2 Å². The molecule has 0 amide bonds. The molecule has 0 aliphatic heterocycles. The maximum absolute atomic E-state index is 13.3. The number of amidine groups is 1. The van der Waals surface area contributed by atoms with E-state index in [4.69, 9.17) is 15.7 Å². The molecule has 0 heterocycles. The average molecular weight is 214 g/mol. The molecule has 0 aliphatic carbocycles. The van der Waals surface area contributed by atoms with Crippen LogP contribution in [0.2, 0.25) is 0 Å². The molecule has 82 valence electrons. The predicted molar refractivity (Wildman–Crippen MR) is 51.4 cm³/mol. The minimum absolute atomic E-state index is 0.0418. The van der Waals surface area contributed by atoms with E-state index in [1.165, 1.54) is 19.2 Å². The van der Waals surface area contributed by atoms with Gasteiger partial charge >= 0.3 is 0 Å². The first-order valence-corrected chi connectivity index (χ1v) is 4.08. The third kappa shape index (κ3) is 2.81. The summed E-state index contributed by atoms with van der Waals surface area (Å²) < 4.78 is 22.8. The number of benzene rings is 1. The number of hydrogen-bond donors (Lipinski definition) is 2. The van der Waals surface area contributed by atoms with E-state index in [2.05, 4.69) is 9.89 Å². The monoisotopic (exact) mass is 214 g/mol. The van der Waals surface area contributed by atoms with Gasteiger partial charge in [-0.1, -0.05) is 5.16 Å². The summed E-state index contributed by atoms with van der Waals surface area (Å²) in [5, 5.41) is 11.1. The van der Waals surface area contributed by atoms with Crippen LogP contribution in [0.5, 0.6) is 5.75 Å². The Balaban J connectivity index is 2.88. The molecule has 0 spiro atoms. The molecule has 1 aromatic rings. The second-order valence-corrected chi connectivity index (χ2v) is 2.68. The van der Waals surface area contributed by atoms with Gasteiger partial charge in [-0.2, -0.15) is 0 Å². The highest BCUT2D eigenvalue weighted by Crippen LogP contribution is 2.18. The predicted octanol–water partition coefficient (Wildman–Crippen LogP) is 0.903. The van der Waals surface area contributed by atoms with E-state index < -0.39 is 5.82 Å². The van der Waals surface area contributed by atoms with E-state index in [1.54, 1.807) is 0 Å². The van der Waals surface area contributed by atoms with Gasteiger partial charge in [0.05, 0.1) is 0 Å². The number of ether oxygens (including phenoxy) is 2. The van der Waals surface area contributed by atoms with Gasteiger partial charge in [-0.15, -0.1) is 0 Å². The van der Waals surface area contributed by atoms with Crippen LogP contribution in [0.25, 0.3) is 0 Å². The summed E-state index contributed by atoms with van der Waals surface area (Å²) in [5.41, 5.74) is 5.56. The second-order valence-electron chi connectivity index (χ2n) is 2.68. The Morgan fingerprint density at radius 1 is 1.60 bits per heavy atom. The summed E-state index contributed by atoms with van der Waals surface area (Å²) in [6.45, 7) is -0.0418. The summed E-state index contributed by atoms with van der Waals surface area (Å²) in [6.07, 6.45) is 0. The smallest absolute Gasteiger partial charge is 0.188 e. The fraction of sp³-hybridized carbons (Fsp3) is 0.222. The zero-order valence-corrected chi connectivity index (χ0v) is 8.11. The molecule has 15 heavy (non-hydrogen) atoms. The molecule has 0 radical (unpaired) electrons. The van der Waals surface area contributed by atoms with Crippen molar-refractivity contribution in [1.29, 1.82) is 0 Å². The molecule has 1 rings (SSSR count). The Bertz CT molecular complexity index is 368. The van der Waals surface area contributed by atoms with Gasteiger partial charge in [0, 0.05) is 12.7 Å². The molecule has 0 saturated carbocycles. The topological polar surface area (TPSA) is 77.1 Å². The number of methoxy groups -OCH3 is 1. The van der Waals surface area contributed by atoms with Crippen molar-refractivity contribution in [1.82, 2.24) is 0 Å². The molecule has 0 unspecified atom stereocenters. The summed E-state index contributed by atoms with van der Waals surface area (Å²) in [6, 6.07) is 3.96. The molecular formula is C9H11FN2O3. The maximum atomic E-state index is 13.3. The van der Waals surface area contributed by atoms with Gasteiger partial charge in [-0.25, -0.2) is 4.39 Å². The van der Waals surface area contributed by atoms with Crippen LogP contribution in [0.4, 0.5) is 4.39 Å². The lowest BCUT2D eigenvalue weighted by molar-refractivity contribution is 0.0483. The molecule has 0 bridgehead atoms. The van der Waals surface area contributed by atoms with Gasteiger partial charge in [-0.3, -0.25) is 0 Å². The number of hydrogen-bond acceptors (Lipinski definition) is 4. The van der Waals surface area contributed by atoms with Gasteiger partial charge in [-0.05, 0) is 18.2 Å². The first-order chi connectivity index (χ1) is 7.19. The van der Waals surface area contributed by atoms with Crippen molar-refractivity contribution in [3.8, 4) is 5.75 Å². The normalized spacial score (nSPS) is 11.5. The molecule has 0 aliphatic rings. The molecule has 0 saturated heterocycles. The minimum Gasteiger partial charge on any atom is -0.464 e. The van der Waals surface area contributed by atoms with Crippen molar-refractivity contribution in [2.75, 3.05) is 13.9 Å². The van der Waals surface area contributed by atoms with E-state index in [1.807, 2.05) is 0 Å². The lowest BCUT2D eigenvalue weighted by Crippen LogP contribution is -2.13. The van der Waals surface area contributed by atoms with Crippen molar-refractivity contribution in [2.45, 2.75) is 0 Å². The quantitative estimate of drug-likeness (QED) is 0.257. The fourth-order valence-electron chi connectivity index (χ4n) is 0.957. The number of nitrogens with two attached hydrogens (primary N) is 1. The highest BCUT2D eigenvalue weighted by atomic mass is 19.1. The molecule has 0 aromatic heterocycles. The zero-order chi connectivity index (χ0) is 11.3. The van der Waals surface area contributed by atoms with Crippen LogP contribution < -0.4 is 10.5 Å². The summed E-state index contributed by atoms with van der Waals surface area (Å²) >= 11 is 0. The number of halogens is 1. The molecule has 5 nitrogen and oxygen atoms in total. The highest BCUT2D eigenvalue weighted by Gasteiger charge is 2.06. The summed E-state index contributed by atoms with van der Waals surface area (Å²) in [7, 11) is 1.43. The van der Waals surface area contributed by atoms with Crippen LogP contribution >= 0.6 is 0 Å². The Hall–Kier alpha value is -1.82. The summed E-state index contributed by atoms with van der Waals surface area (Å²) in [4.78, 5) is 0. The van der Waals surface area contributed by atoms with Gasteiger partial charge in [0.2, 0.25) is 0 Å². The summed E-state index contributed by atoms with van der Waals surface area (Å²) in [5.74, 6) is -0.713. The van der Waals surface area contributed by atoms with Crippen LogP contribution in [0.3, 0.4) is 0 Å². The molecular weight excluding hydrogens is 203 g/mol. The Morgan fingerprint density at radius 3 is 2.87 bits per heavy atom. The average Bonchev–Trinajstić information content (AvgIpc) is 2.26. The van der Waals surface area contributed by atoms with E-state index in [-0.39, 0.29) is 23.9 Å². The Kier molecular flexibility index (Phi) is 3.87. The molecule has 0 atom stereocenters. The zero-order valence-electron chi connectivity index (χ0n) is 8.11. The standard InChI is InChI=1S/C9H11FN2O3/c1-14-5-15-8-3-2-6(4-7(8)10)9(11)12-13/h2-4,13H,5H2,1H3,(H2,11,12). The van der Waals surface area contributed by atoms with Crippen LogP contribution in [-0.2, 0) is 4.74 Å². The van der Waals surface area contributed by atoms with Gasteiger partial charge in [0.25, 0.3) is 0 Å². The van der Waals surface area contributed by atoms with Crippen molar-refractivity contribution in [2.24, 2.45) is 10.9 Å².